The van der Waals surface area contributed by atoms with Crippen LogP contribution >= 0.6 is 23.2 Å². The molecule has 0 saturated heterocycles. The van der Waals surface area contributed by atoms with E-state index in [1.54, 1.807) is 30.6 Å². The summed E-state index contributed by atoms with van der Waals surface area (Å²) in [4.78, 5) is 15.8. The van der Waals surface area contributed by atoms with Gasteiger partial charge in [0.2, 0.25) is 5.91 Å². The van der Waals surface area contributed by atoms with Crippen molar-refractivity contribution in [3.63, 3.8) is 0 Å². The maximum atomic E-state index is 11.8. The van der Waals surface area contributed by atoms with Crippen molar-refractivity contribution in [3.05, 3.63) is 58.3 Å². The zero-order valence-corrected chi connectivity index (χ0v) is 12.8. The molecular formula is C15H15Cl2N3O. The van der Waals surface area contributed by atoms with Crippen LogP contribution in [0.4, 0.5) is 5.69 Å². The van der Waals surface area contributed by atoms with Crippen LogP contribution in [-0.4, -0.2) is 17.4 Å². The lowest BCUT2D eigenvalue weighted by atomic mass is 10.2. The highest BCUT2D eigenvalue weighted by Crippen LogP contribution is 2.25. The summed E-state index contributed by atoms with van der Waals surface area (Å²) >= 11 is 11.9. The molecule has 21 heavy (non-hydrogen) atoms. The molecule has 0 aliphatic heterocycles. The summed E-state index contributed by atoms with van der Waals surface area (Å²) in [5.74, 6) is -0.113. The highest BCUT2D eigenvalue weighted by atomic mass is 35.5. The SMILES string of the molecule is O=C(CCNCc1cccnc1)Nc1cc(Cl)ccc1Cl. The van der Waals surface area contributed by atoms with E-state index in [-0.39, 0.29) is 5.91 Å². The number of nitrogens with zero attached hydrogens (tertiary/aromatic N) is 1. The molecule has 0 atom stereocenters. The number of carbonyl (C=O) groups is 1. The number of hydrogen-bond acceptors (Lipinski definition) is 3. The van der Waals surface area contributed by atoms with Crippen molar-refractivity contribution in [2.45, 2.75) is 13.0 Å². The molecule has 0 fully saturated rings. The van der Waals surface area contributed by atoms with E-state index in [9.17, 15) is 4.79 Å². The summed E-state index contributed by atoms with van der Waals surface area (Å²) < 4.78 is 0. The lowest BCUT2D eigenvalue weighted by molar-refractivity contribution is -0.116. The van der Waals surface area contributed by atoms with Gasteiger partial charge in [-0.25, -0.2) is 0 Å². The van der Waals surface area contributed by atoms with Crippen molar-refractivity contribution >= 4 is 34.8 Å². The first-order valence-corrected chi connectivity index (χ1v) is 7.25. The second-order valence-corrected chi connectivity index (χ2v) is 5.30. The van der Waals surface area contributed by atoms with Crippen LogP contribution in [0.5, 0.6) is 0 Å². The molecule has 0 radical (unpaired) electrons. The van der Waals surface area contributed by atoms with Crippen molar-refractivity contribution in [2.75, 3.05) is 11.9 Å². The Morgan fingerprint density at radius 1 is 1.24 bits per heavy atom. The van der Waals surface area contributed by atoms with Crippen molar-refractivity contribution in [3.8, 4) is 0 Å². The Morgan fingerprint density at radius 2 is 2.10 bits per heavy atom. The molecule has 4 nitrogen and oxygen atoms in total. The third kappa shape index (κ3) is 5.34. The summed E-state index contributed by atoms with van der Waals surface area (Å²) in [5, 5.41) is 6.93. The van der Waals surface area contributed by atoms with Gasteiger partial charge in [0, 0.05) is 36.9 Å². The van der Waals surface area contributed by atoms with Gasteiger partial charge < -0.3 is 10.6 Å². The zero-order valence-electron chi connectivity index (χ0n) is 11.3. The summed E-state index contributed by atoms with van der Waals surface area (Å²) in [6, 6.07) is 8.82. The van der Waals surface area contributed by atoms with Crippen LogP contribution in [0.2, 0.25) is 10.0 Å². The van der Waals surface area contributed by atoms with Crippen molar-refractivity contribution in [1.29, 1.82) is 0 Å². The van der Waals surface area contributed by atoms with E-state index in [1.807, 2.05) is 12.1 Å². The summed E-state index contributed by atoms with van der Waals surface area (Å²) in [5.41, 5.74) is 1.61. The molecule has 2 aromatic rings. The predicted octanol–water partition coefficient (Wildman–Crippen LogP) is 3.51. The topological polar surface area (TPSA) is 54.0 Å². The molecule has 1 amide bonds. The summed E-state index contributed by atoms with van der Waals surface area (Å²) in [6.45, 7) is 1.25. The van der Waals surface area contributed by atoms with E-state index < -0.39 is 0 Å². The van der Waals surface area contributed by atoms with Crippen LogP contribution in [0.25, 0.3) is 0 Å². The van der Waals surface area contributed by atoms with Crippen LogP contribution in [0.15, 0.2) is 42.7 Å². The lowest BCUT2D eigenvalue weighted by Crippen LogP contribution is -2.21. The van der Waals surface area contributed by atoms with Gasteiger partial charge in [0.25, 0.3) is 0 Å². The maximum absolute atomic E-state index is 11.8. The van der Waals surface area contributed by atoms with Gasteiger partial charge in [-0.15, -0.1) is 0 Å². The van der Waals surface area contributed by atoms with Gasteiger partial charge in [-0.1, -0.05) is 29.3 Å². The van der Waals surface area contributed by atoms with Crippen LogP contribution < -0.4 is 10.6 Å². The monoisotopic (exact) mass is 323 g/mol. The average Bonchev–Trinajstić information content (AvgIpc) is 2.48. The third-order valence-electron chi connectivity index (χ3n) is 2.78. The van der Waals surface area contributed by atoms with Gasteiger partial charge in [0.05, 0.1) is 10.7 Å². The number of benzene rings is 1. The third-order valence-corrected chi connectivity index (χ3v) is 3.35. The molecule has 0 unspecified atom stereocenters. The van der Waals surface area contributed by atoms with Crippen molar-refractivity contribution in [2.24, 2.45) is 0 Å². The number of amides is 1. The van der Waals surface area contributed by atoms with Crippen LogP contribution in [0.1, 0.15) is 12.0 Å². The van der Waals surface area contributed by atoms with E-state index in [0.717, 1.165) is 5.56 Å². The first-order chi connectivity index (χ1) is 10.1. The fourth-order valence-electron chi connectivity index (χ4n) is 1.74. The molecule has 0 spiro atoms. The van der Waals surface area contributed by atoms with Crippen molar-refractivity contribution < 1.29 is 4.79 Å². The van der Waals surface area contributed by atoms with E-state index in [1.165, 1.54) is 0 Å². The van der Waals surface area contributed by atoms with E-state index in [0.29, 0.717) is 35.2 Å². The highest BCUT2D eigenvalue weighted by molar-refractivity contribution is 6.35. The lowest BCUT2D eigenvalue weighted by Gasteiger charge is -2.08. The number of nitrogens with one attached hydrogen (secondary N) is 2. The highest BCUT2D eigenvalue weighted by Gasteiger charge is 2.06. The second-order valence-electron chi connectivity index (χ2n) is 4.46. The number of hydrogen-bond donors (Lipinski definition) is 2. The van der Waals surface area contributed by atoms with Crippen LogP contribution in [0.3, 0.4) is 0 Å². The number of anilines is 1. The second kappa shape index (κ2) is 7.98. The Bertz CT molecular complexity index is 605. The fourth-order valence-corrected chi connectivity index (χ4v) is 2.08. The molecule has 1 aromatic carbocycles. The Labute approximate surface area is 133 Å². The molecule has 6 heteroatoms. The van der Waals surface area contributed by atoms with Gasteiger partial charge in [0.15, 0.2) is 0 Å². The molecule has 0 saturated carbocycles. The fraction of sp³-hybridized carbons (Fsp3) is 0.200. The minimum absolute atomic E-state index is 0.113. The molecular weight excluding hydrogens is 309 g/mol. The first-order valence-electron chi connectivity index (χ1n) is 6.49. The quantitative estimate of drug-likeness (QED) is 0.800. The van der Waals surface area contributed by atoms with Crippen LogP contribution in [0, 0.1) is 0 Å². The molecule has 110 valence electrons. The van der Waals surface area contributed by atoms with Gasteiger partial charge in [-0.3, -0.25) is 9.78 Å². The predicted molar refractivity (Wildman–Crippen MR) is 85.7 cm³/mol. The molecule has 2 N–H and O–H groups in total. The number of halogens is 2. The molecule has 1 heterocycles. The number of aromatic nitrogens is 1. The summed E-state index contributed by atoms with van der Waals surface area (Å²) in [7, 11) is 0. The van der Waals surface area contributed by atoms with E-state index >= 15 is 0 Å². The molecule has 0 aliphatic carbocycles. The maximum Gasteiger partial charge on any atom is 0.225 e. The van der Waals surface area contributed by atoms with Crippen molar-refractivity contribution in [1.82, 2.24) is 10.3 Å². The Hall–Kier alpha value is -1.62. The van der Waals surface area contributed by atoms with Gasteiger partial charge >= 0.3 is 0 Å². The molecule has 0 aliphatic rings. The first kappa shape index (κ1) is 15.8. The number of carbonyl (C=O) groups excluding carboxylic acids is 1. The minimum Gasteiger partial charge on any atom is -0.325 e. The summed E-state index contributed by atoms with van der Waals surface area (Å²) in [6.07, 6.45) is 3.87. The van der Waals surface area contributed by atoms with E-state index in [4.69, 9.17) is 23.2 Å². The van der Waals surface area contributed by atoms with E-state index in [2.05, 4.69) is 15.6 Å². The number of rotatable bonds is 6. The molecule has 1 aromatic heterocycles. The average molecular weight is 324 g/mol. The Morgan fingerprint density at radius 3 is 2.86 bits per heavy atom. The standard InChI is InChI=1S/C15H15Cl2N3O/c16-12-3-4-13(17)14(8-12)20-15(21)5-7-19-10-11-2-1-6-18-9-11/h1-4,6,8-9,19H,5,7,10H2,(H,20,21). The minimum atomic E-state index is -0.113. The Kier molecular flexibility index (Phi) is 5.99. The van der Waals surface area contributed by atoms with Gasteiger partial charge in [-0.05, 0) is 29.8 Å². The zero-order chi connectivity index (χ0) is 15.1. The van der Waals surface area contributed by atoms with Crippen LogP contribution in [-0.2, 0) is 11.3 Å². The Balaban J connectivity index is 1.74. The largest absolute Gasteiger partial charge is 0.325 e. The molecule has 0 bridgehead atoms. The van der Waals surface area contributed by atoms with Gasteiger partial charge in [0.1, 0.15) is 0 Å². The smallest absolute Gasteiger partial charge is 0.225 e. The molecule has 2 rings (SSSR count). The number of pyridine rings is 1. The van der Waals surface area contributed by atoms with Gasteiger partial charge in [-0.2, -0.15) is 0 Å². The normalized spacial score (nSPS) is 10.4.